The van der Waals surface area contributed by atoms with Crippen molar-refractivity contribution in [3.05, 3.63) is 59.9 Å². The minimum absolute atomic E-state index is 0.205. The van der Waals surface area contributed by atoms with Crippen LogP contribution in [0.4, 0.5) is 0 Å². The summed E-state index contributed by atoms with van der Waals surface area (Å²) in [5, 5.41) is 0. The second-order valence-electron chi connectivity index (χ2n) is 5.31. The van der Waals surface area contributed by atoms with Gasteiger partial charge in [-0.1, -0.05) is 30.4 Å². The number of fused-ring (bicyclic) bond motifs is 1. The Balaban J connectivity index is 1.85. The summed E-state index contributed by atoms with van der Waals surface area (Å²) in [4.78, 5) is 7.88. The Kier molecular flexibility index (Phi) is 4.33. The molecule has 4 heteroatoms. The van der Waals surface area contributed by atoms with Crippen molar-refractivity contribution in [3.63, 3.8) is 0 Å². The molecular weight excluding hydrogens is 288 g/mol. The molecule has 0 radical (unpaired) electrons. The number of rotatable bonds is 5. The van der Waals surface area contributed by atoms with Gasteiger partial charge in [0.1, 0.15) is 5.82 Å². The fourth-order valence-corrected chi connectivity index (χ4v) is 2.49. The predicted octanol–water partition coefficient (Wildman–Crippen LogP) is 4.74. The average Bonchev–Trinajstić information content (AvgIpc) is 3.00. The highest BCUT2D eigenvalue weighted by Crippen LogP contribution is 2.32. The summed E-state index contributed by atoms with van der Waals surface area (Å²) in [5.74, 6) is 2.21. The molecule has 0 aliphatic heterocycles. The maximum atomic E-state index is 6.04. The number of ether oxygens (including phenoxy) is 2. The van der Waals surface area contributed by atoms with Gasteiger partial charge in [0, 0.05) is 0 Å². The van der Waals surface area contributed by atoms with Crippen LogP contribution in [0.3, 0.4) is 0 Å². The SMILES string of the molecule is C/C=C/c1ccc(OC(C)c2nc3ccccc3[nH]2)c(OC)c1. The summed E-state index contributed by atoms with van der Waals surface area (Å²) >= 11 is 0. The van der Waals surface area contributed by atoms with E-state index in [2.05, 4.69) is 9.97 Å². The maximum Gasteiger partial charge on any atom is 0.162 e. The van der Waals surface area contributed by atoms with E-state index >= 15 is 0 Å². The minimum atomic E-state index is -0.205. The van der Waals surface area contributed by atoms with Gasteiger partial charge in [-0.3, -0.25) is 0 Å². The number of para-hydroxylation sites is 2. The quantitative estimate of drug-likeness (QED) is 0.740. The molecule has 0 bridgehead atoms. The molecule has 0 spiro atoms. The van der Waals surface area contributed by atoms with E-state index in [0.29, 0.717) is 11.5 Å². The first-order valence-corrected chi connectivity index (χ1v) is 7.63. The van der Waals surface area contributed by atoms with Crippen molar-refractivity contribution in [2.45, 2.75) is 20.0 Å². The van der Waals surface area contributed by atoms with Crippen molar-refractivity contribution in [2.75, 3.05) is 7.11 Å². The van der Waals surface area contributed by atoms with Crippen LogP contribution in [0.5, 0.6) is 11.5 Å². The molecule has 0 aliphatic rings. The summed E-state index contributed by atoms with van der Waals surface area (Å²) < 4.78 is 11.5. The van der Waals surface area contributed by atoms with Crippen molar-refractivity contribution in [2.24, 2.45) is 0 Å². The van der Waals surface area contributed by atoms with Gasteiger partial charge in [-0.15, -0.1) is 0 Å². The van der Waals surface area contributed by atoms with Crippen molar-refractivity contribution >= 4 is 17.1 Å². The Labute approximate surface area is 135 Å². The molecule has 118 valence electrons. The first kappa shape index (κ1) is 15.2. The number of aromatic nitrogens is 2. The second-order valence-corrected chi connectivity index (χ2v) is 5.31. The van der Waals surface area contributed by atoms with Gasteiger partial charge in [-0.2, -0.15) is 0 Å². The highest BCUT2D eigenvalue weighted by Gasteiger charge is 2.15. The van der Waals surface area contributed by atoms with Crippen LogP contribution >= 0.6 is 0 Å². The summed E-state index contributed by atoms with van der Waals surface area (Å²) in [7, 11) is 1.65. The van der Waals surface area contributed by atoms with Gasteiger partial charge < -0.3 is 14.5 Å². The van der Waals surface area contributed by atoms with Crippen LogP contribution in [0.15, 0.2) is 48.5 Å². The number of nitrogens with one attached hydrogen (secondary N) is 1. The van der Waals surface area contributed by atoms with Gasteiger partial charge in [0.15, 0.2) is 17.6 Å². The highest BCUT2D eigenvalue weighted by molar-refractivity contribution is 5.74. The topological polar surface area (TPSA) is 47.1 Å². The van der Waals surface area contributed by atoms with E-state index in [1.165, 1.54) is 0 Å². The zero-order chi connectivity index (χ0) is 16.2. The molecule has 3 aromatic rings. The molecule has 1 N–H and O–H groups in total. The third-order valence-electron chi connectivity index (χ3n) is 3.64. The largest absolute Gasteiger partial charge is 0.493 e. The van der Waals surface area contributed by atoms with Gasteiger partial charge in [-0.25, -0.2) is 4.98 Å². The number of hydrogen-bond acceptors (Lipinski definition) is 3. The molecule has 3 rings (SSSR count). The van der Waals surface area contributed by atoms with Crippen LogP contribution in [0.1, 0.15) is 31.3 Å². The molecule has 0 saturated carbocycles. The third kappa shape index (κ3) is 3.21. The molecule has 23 heavy (non-hydrogen) atoms. The number of nitrogens with zero attached hydrogens (tertiary/aromatic N) is 1. The van der Waals surface area contributed by atoms with Gasteiger partial charge >= 0.3 is 0 Å². The van der Waals surface area contributed by atoms with Crippen LogP contribution in [0, 0.1) is 0 Å². The fraction of sp³-hybridized carbons (Fsp3) is 0.211. The molecular formula is C19H20N2O2. The van der Waals surface area contributed by atoms with Crippen molar-refractivity contribution in [3.8, 4) is 11.5 Å². The molecule has 1 heterocycles. The number of benzene rings is 2. The number of imidazole rings is 1. The van der Waals surface area contributed by atoms with Gasteiger partial charge in [-0.05, 0) is 43.7 Å². The Morgan fingerprint density at radius 1 is 1.13 bits per heavy atom. The number of methoxy groups -OCH3 is 1. The number of allylic oxidation sites excluding steroid dienone is 1. The zero-order valence-corrected chi connectivity index (χ0v) is 13.5. The van der Waals surface area contributed by atoms with E-state index in [0.717, 1.165) is 22.4 Å². The average molecular weight is 308 g/mol. The molecule has 0 amide bonds. The van der Waals surface area contributed by atoms with E-state index in [1.54, 1.807) is 7.11 Å². The van der Waals surface area contributed by atoms with Gasteiger partial charge in [0.25, 0.3) is 0 Å². The smallest absolute Gasteiger partial charge is 0.162 e. The molecule has 0 saturated heterocycles. The van der Waals surface area contributed by atoms with E-state index in [4.69, 9.17) is 9.47 Å². The van der Waals surface area contributed by atoms with E-state index in [9.17, 15) is 0 Å². The lowest BCUT2D eigenvalue weighted by atomic mass is 10.2. The standard InChI is InChI=1S/C19H20N2O2/c1-4-7-14-10-11-17(18(12-14)22-3)23-13(2)19-20-15-8-5-6-9-16(15)21-19/h4-13H,1-3H3,(H,20,21)/b7-4+. The molecule has 1 atom stereocenters. The Morgan fingerprint density at radius 3 is 2.70 bits per heavy atom. The lowest BCUT2D eigenvalue weighted by Crippen LogP contribution is -2.06. The van der Waals surface area contributed by atoms with Crippen molar-refractivity contribution < 1.29 is 9.47 Å². The number of aromatic amines is 1. The summed E-state index contributed by atoms with van der Waals surface area (Å²) in [6.07, 6.45) is 3.81. The van der Waals surface area contributed by atoms with Crippen LogP contribution < -0.4 is 9.47 Å². The molecule has 4 nitrogen and oxygen atoms in total. The van der Waals surface area contributed by atoms with E-state index < -0.39 is 0 Å². The zero-order valence-electron chi connectivity index (χ0n) is 13.5. The summed E-state index contributed by atoms with van der Waals surface area (Å²) in [5.41, 5.74) is 3.02. The fourth-order valence-electron chi connectivity index (χ4n) is 2.49. The first-order chi connectivity index (χ1) is 11.2. The monoisotopic (exact) mass is 308 g/mol. The Hall–Kier alpha value is -2.75. The van der Waals surface area contributed by atoms with Gasteiger partial charge in [0.05, 0.1) is 18.1 Å². The van der Waals surface area contributed by atoms with E-state index in [1.807, 2.05) is 68.5 Å². The summed E-state index contributed by atoms with van der Waals surface area (Å²) in [6, 6.07) is 13.8. The van der Waals surface area contributed by atoms with Gasteiger partial charge in [0.2, 0.25) is 0 Å². The normalized spacial score (nSPS) is 12.7. The number of H-pyrrole nitrogens is 1. The Bertz CT molecular complexity index is 803. The molecule has 2 aromatic carbocycles. The summed E-state index contributed by atoms with van der Waals surface area (Å²) in [6.45, 7) is 3.96. The lowest BCUT2D eigenvalue weighted by molar-refractivity contribution is 0.208. The number of hydrogen-bond donors (Lipinski definition) is 1. The first-order valence-electron chi connectivity index (χ1n) is 7.63. The van der Waals surface area contributed by atoms with Crippen LogP contribution in [-0.2, 0) is 0 Å². The van der Waals surface area contributed by atoms with E-state index in [-0.39, 0.29) is 6.10 Å². The maximum absolute atomic E-state index is 6.04. The van der Waals surface area contributed by atoms with Crippen molar-refractivity contribution in [1.29, 1.82) is 0 Å². The molecule has 0 fully saturated rings. The van der Waals surface area contributed by atoms with Crippen LogP contribution in [0.25, 0.3) is 17.1 Å². The van der Waals surface area contributed by atoms with Crippen molar-refractivity contribution in [1.82, 2.24) is 9.97 Å². The van der Waals surface area contributed by atoms with Crippen LogP contribution in [0.2, 0.25) is 0 Å². The third-order valence-corrected chi connectivity index (χ3v) is 3.64. The molecule has 0 aliphatic carbocycles. The Morgan fingerprint density at radius 2 is 1.96 bits per heavy atom. The lowest BCUT2D eigenvalue weighted by Gasteiger charge is -2.15. The molecule has 1 aromatic heterocycles. The minimum Gasteiger partial charge on any atom is -0.493 e. The second kappa shape index (κ2) is 6.57. The van der Waals surface area contributed by atoms with Crippen LogP contribution in [-0.4, -0.2) is 17.1 Å². The molecule has 1 unspecified atom stereocenters. The highest BCUT2D eigenvalue weighted by atomic mass is 16.5. The predicted molar refractivity (Wildman–Crippen MR) is 92.8 cm³/mol.